The van der Waals surface area contributed by atoms with E-state index in [0.717, 1.165) is 43.7 Å². The van der Waals surface area contributed by atoms with Gasteiger partial charge >= 0.3 is 0 Å². The van der Waals surface area contributed by atoms with Crippen molar-refractivity contribution in [2.45, 2.75) is 37.0 Å². The number of ether oxygens (including phenoxy) is 1. The minimum Gasteiger partial charge on any atom is -0.497 e. The number of nitrogens with zero attached hydrogens (tertiary/aromatic N) is 3. The number of hydrogen-bond acceptors (Lipinski definition) is 7. The van der Waals surface area contributed by atoms with Gasteiger partial charge in [0.15, 0.2) is 0 Å². The molecule has 1 aliphatic heterocycles. The summed E-state index contributed by atoms with van der Waals surface area (Å²) in [6.07, 6.45) is 5.50. The fraction of sp³-hybridized carbons (Fsp3) is 0.281. The number of sulfonamides is 1. The first kappa shape index (κ1) is 29.5. The van der Waals surface area contributed by atoms with E-state index < -0.39 is 15.9 Å². The zero-order valence-corrected chi connectivity index (χ0v) is 24.9. The minimum absolute atomic E-state index is 0.0610. The number of hydrogen-bond donors (Lipinski definition) is 1. The molecule has 218 valence electrons. The predicted molar refractivity (Wildman–Crippen MR) is 164 cm³/mol. The Morgan fingerprint density at radius 2 is 1.69 bits per heavy atom. The van der Waals surface area contributed by atoms with Gasteiger partial charge in [-0.1, -0.05) is 54.1 Å². The first-order valence-electron chi connectivity index (χ1n) is 13.9. The number of amides is 1. The van der Waals surface area contributed by atoms with Crippen LogP contribution in [0.25, 0.3) is 0 Å². The molecular formula is C32H33ClN4O4S. The number of aryl methyl sites for hydroxylation is 2. The molecule has 8 nitrogen and oxygen atoms in total. The number of aromatic nitrogens is 2. The van der Waals surface area contributed by atoms with Crippen LogP contribution in [0.1, 0.15) is 40.0 Å². The van der Waals surface area contributed by atoms with Gasteiger partial charge in [-0.2, -0.15) is 0 Å². The maximum atomic E-state index is 13.3. The van der Waals surface area contributed by atoms with E-state index in [9.17, 15) is 13.2 Å². The lowest BCUT2D eigenvalue weighted by atomic mass is 9.90. The van der Waals surface area contributed by atoms with E-state index in [1.54, 1.807) is 7.11 Å². The topological polar surface area (TPSA) is 101 Å². The molecule has 0 unspecified atom stereocenters. The Labute approximate surface area is 251 Å². The lowest BCUT2D eigenvalue weighted by molar-refractivity contribution is 0.0979. The van der Waals surface area contributed by atoms with Crippen molar-refractivity contribution in [2.24, 2.45) is 5.92 Å². The van der Waals surface area contributed by atoms with Gasteiger partial charge in [0.1, 0.15) is 5.75 Å². The number of nitrogens with one attached hydrogen (secondary N) is 1. The second-order valence-corrected chi connectivity index (χ2v) is 12.5. The van der Waals surface area contributed by atoms with Crippen molar-refractivity contribution in [2.75, 3.05) is 25.1 Å². The third kappa shape index (κ3) is 7.46. The Hall–Kier alpha value is -3.95. The van der Waals surface area contributed by atoms with Gasteiger partial charge < -0.3 is 9.64 Å². The molecule has 0 bridgehead atoms. The Bertz CT molecular complexity index is 1620. The normalized spacial score (nSPS) is 14.0. The number of halogens is 1. The molecule has 1 amide bonds. The van der Waals surface area contributed by atoms with Gasteiger partial charge in [0.25, 0.3) is 15.9 Å². The highest BCUT2D eigenvalue weighted by Crippen LogP contribution is 2.25. The molecule has 0 spiro atoms. The van der Waals surface area contributed by atoms with Crippen LogP contribution < -0.4 is 14.4 Å². The molecule has 3 aromatic carbocycles. The van der Waals surface area contributed by atoms with Crippen molar-refractivity contribution >= 4 is 33.5 Å². The molecule has 42 heavy (non-hydrogen) atoms. The zero-order valence-electron chi connectivity index (χ0n) is 23.4. The van der Waals surface area contributed by atoms with Crippen molar-refractivity contribution in [1.29, 1.82) is 0 Å². The first-order valence-corrected chi connectivity index (χ1v) is 15.8. The molecule has 1 aromatic heterocycles. The zero-order chi connectivity index (χ0) is 29.5. The smallest absolute Gasteiger partial charge is 0.268 e. The molecule has 0 aliphatic carbocycles. The van der Waals surface area contributed by atoms with Crippen LogP contribution >= 0.6 is 11.6 Å². The van der Waals surface area contributed by atoms with Gasteiger partial charge in [0.05, 0.1) is 23.3 Å². The van der Waals surface area contributed by atoms with Crippen molar-refractivity contribution in [3.05, 3.63) is 112 Å². The van der Waals surface area contributed by atoms with Crippen LogP contribution in [0.3, 0.4) is 0 Å². The number of methoxy groups -OCH3 is 1. The lowest BCUT2D eigenvalue weighted by Crippen LogP contribution is -2.36. The highest BCUT2D eigenvalue weighted by molar-refractivity contribution is 7.90. The summed E-state index contributed by atoms with van der Waals surface area (Å²) < 4.78 is 33.4. The summed E-state index contributed by atoms with van der Waals surface area (Å²) in [6, 6.07) is 23.8. The number of anilines is 1. The number of carbonyl (C=O) groups excluding carboxylic acids is 1. The number of piperidine rings is 1. The highest BCUT2D eigenvalue weighted by Gasteiger charge is 2.25. The fourth-order valence-corrected chi connectivity index (χ4v) is 6.26. The predicted octanol–water partition coefficient (Wildman–Crippen LogP) is 5.50. The summed E-state index contributed by atoms with van der Waals surface area (Å²) in [5.74, 6) is 1.09. The molecule has 4 aromatic rings. The average Bonchev–Trinajstić information content (AvgIpc) is 3.01. The molecule has 1 N–H and O–H groups in total. The molecule has 0 radical (unpaired) electrons. The van der Waals surface area contributed by atoms with Crippen molar-refractivity contribution in [3.63, 3.8) is 0 Å². The maximum absolute atomic E-state index is 13.3. The molecule has 1 fully saturated rings. The molecule has 2 heterocycles. The molecule has 5 rings (SSSR count). The molecule has 1 aliphatic rings. The number of benzene rings is 3. The van der Waals surface area contributed by atoms with E-state index in [1.165, 1.54) is 36.0 Å². The van der Waals surface area contributed by atoms with Crippen LogP contribution in [0, 0.1) is 5.92 Å². The summed E-state index contributed by atoms with van der Waals surface area (Å²) >= 11 is 5.90. The summed E-state index contributed by atoms with van der Waals surface area (Å²) in [4.78, 5) is 24.7. The van der Waals surface area contributed by atoms with Gasteiger partial charge in [-0.05, 0) is 85.5 Å². The monoisotopic (exact) mass is 604 g/mol. The van der Waals surface area contributed by atoms with Crippen molar-refractivity contribution in [1.82, 2.24) is 14.7 Å². The van der Waals surface area contributed by atoms with E-state index in [-0.39, 0.29) is 10.5 Å². The van der Waals surface area contributed by atoms with E-state index in [4.69, 9.17) is 21.3 Å². The van der Waals surface area contributed by atoms with E-state index in [1.807, 2.05) is 30.3 Å². The van der Waals surface area contributed by atoms with Crippen LogP contribution in [0.5, 0.6) is 5.75 Å². The summed E-state index contributed by atoms with van der Waals surface area (Å²) in [5, 5.41) is 0.396. The van der Waals surface area contributed by atoms with Gasteiger partial charge in [0.2, 0.25) is 5.95 Å². The van der Waals surface area contributed by atoms with Crippen LogP contribution in [-0.2, 0) is 29.3 Å². The van der Waals surface area contributed by atoms with Crippen molar-refractivity contribution < 1.29 is 17.9 Å². The number of rotatable bonds is 10. The van der Waals surface area contributed by atoms with Crippen LogP contribution in [0.4, 0.5) is 5.95 Å². The van der Waals surface area contributed by atoms with Crippen LogP contribution in [0.15, 0.2) is 90.0 Å². The van der Waals surface area contributed by atoms with Gasteiger partial charge in [-0.25, -0.2) is 23.1 Å². The second kappa shape index (κ2) is 13.4. The highest BCUT2D eigenvalue weighted by atomic mass is 35.5. The molecule has 1 saturated heterocycles. The van der Waals surface area contributed by atoms with Gasteiger partial charge in [-0.3, -0.25) is 4.79 Å². The summed E-state index contributed by atoms with van der Waals surface area (Å²) in [7, 11) is -2.51. The maximum Gasteiger partial charge on any atom is 0.268 e. The summed E-state index contributed by atoms with van der Waals surface area (Å²) in [5.41, 5.74) is 2.96. The Kier molecular flexibility index (Phi) is 9.39. The lowest BCUT2D eigenvalue weighted by Gasteiger charge is -2.32. The van der Waals surface area contributed by atoms with E-state index >= 15 is 0 Å². The van der Waals surface area contributed by atoms with E-state index in [2.05, 4.69) is 38.9 Å². The third-order valence-electron chi connectivity index (χ3n) is 7.50. The third-order valence-corrected chi connectivity index (χ3v) is 9.10. The average molecular weight is 605 g/mol. The first-order chi connectivity index (χ1) is 20.3. The standard InChI is InChI=1S/C32H33ClN4O4S/c1-41-27-9-5-8-24(21-27)10-15-30-29(31(38)36-42(39,40)28-13-11-26(33)12-14-28)22-34-32(35-30)37-18-16-25(17-19-37)20-23-6-3-2-4-7-23/h2-9,11-14,21-22,25H,10,15-20H2,1H3,(H,36,38). The molecule has 10 heteroatoms. The van der Waals surface area contributed by atoms with Gasteiger partial charge in [-0.15, -0.1) is 0 Å². The number of carbonyl (C=O) groups is 1. The van der Waals surface area contributed by atoms with Gasteiger partial charge in [0, 0.05) is 24.3 Å². The minimum atomic E-state index is -4.12. The van der Waals surface area contributed by atoms with Crippen LogP contribution in [0.2, 0.25) is 5.02 Å². The summed E-state index contributed by atoms with van der Waals surface area (Å²) in [6.45, 7) is 1.62. The largest absolute Gasteiger partial charge is 0.497 e. The quantitative estimate of drug-likeness (QED) is 0.255. The molecular weight excluding hydrogens is 572 g/mol. The molecule has 0 atom stereocenters. The fourth-order valence-electron chi connectivity index (χ4n) is 5.16. The van der Waals surface area contributed by atoms with Crippen LogP contribution in [-0.4, -0.2) is 44.5 Å². The SMILES string of the molecule is COc1cccc(CCc2nc(N3CCC(Cc4ccccc4)CC3)ncc2C(=O)NS(=O)(=O)c2ccc(Cl)cc2)c1. The molecule has 0 saturated carbocycles. The Morgan fingerprint density at radius 1 is 0.976 bits per heavy atom. The second-order valence-electron chi connectivity index (χ2n) is 10.4. The Balaban J connectivity index is 1.35. The van der Waals surface area contributed by atoms with Crippen molar-refractivity contribution in [3.8, 4) is 5.75 Å². The van der Waals surface area contributed by atoms with E-state index in [0.29, 0.717) is 35.4 Å². The Morgan fingerprint density at radius 3 is 2.40 bits per heavy atom.